The third-order valence-electron chi connectivity index (χ3n) is 16.9. The number of hydrogen-bond acceptors (Lipinski definition) is 8. The van der Waals surface area contributed by atoms with Crippen molar-refractivity contribution in [2.75, 3.05) is 47.5 Å². The Kier molecular flexibility index (Phi) is 77.7. The topological polar surface area (TPSA) is 111 Å². The average molecular weight is 1450 g/mol. The van der Waals surface area contributed by atoms with E-state index in [0.29, 0.717) is 17.4 Å². The number of hydrogen-bond donors (Lipinski definition) is 0. The minimum absolute atomic E-state index is 0.135. The molecule has 9 nitrogen and oxygen atoms in total. The number of carboxylic acids is 1. The van der Waals surface area contributed by atoms with Crippen LogP contribution in [0.15, 0.2) is 231 Å². The van der Waals surface area contributed by atoms with Gasteiger partial charge in [0.05, 0.1) is 40.3 Å². The molecule has 0 aromatic carbocycles. The third-order valence-corrected chi connectivity index (χ3v) is 16.9. The van der Waals surface area contributed by atoms with E-state index in [9.17, 15) is 19.5 Å². The van der Waals surface area contributed by atoms with Gasteiger partial charge in [0, 0.05) is 12.8 Å². The molecule has 0 aliphatic heterocycles. The Morgan fingerprint density at radius 3 is 0.762 bits per heavy atom. The summed E-state index contributed by atoms with van der Waals surface area (Å²) in [5, 5.41) is 11.9. The highest BCUT2D eigenvalue weighted by molar-refractivity contribution is 5.70. The Morgan fingerprint density at radius 2 is 0.514 bits per heavy atom. The van der Waals surface area contributed by atoms with Crippen LogP contribution in [0.4, 0.5) is 0 Å². The van der Waals surface area contributed by atoms with E-state index in [-0.39, 0.29) is 38.6 Å². The maximum Gasteiger partial charge on any atom is 0.306 e. The third kappa shape index (κ3) is 84.5. The molecule has 0 spiro atoms. The lowest BCUT2D eigenvalue weighted by Crippen LogP contribution is -2.44. The minimum atomic E-state index is -1.64. The van der Waals surface area contributed by atoms with E-state index in [2.05, 4.69) is 245 Å². The molecule has 0 saturated carbocycles. The lowest BCUT2D eigenvalue weighted by molar-refractivity contribution is -0.870. The summed E-state index contributed by atoms with van der Waals surface area (Å²) in [6.45, 7) is 4.49. The van der Waals surface area contributed by atoms with Crippen LogP contribution >= 0.6 is 0 Å². The number of allylic oxidation sites excluding steroid dienone is 38. The summed E-state index contributed by atoms with van der Waals surface area (Å²) in [6.07, 6.45) is 129. The first-order chi connectivity index (χ1) is 51.6. The van der Waals surface area contributed by atoms with Crippen molar-refractivity contribution in [3.8, 4) is 0 Å². The second-order valence-corrected chi connectivity index (χ2v) is 27.9. The van der Waals surface area contributed by atoms with E-state index in [4.69, 9.17) is 18.9 Å². The van der Waals surface area contributed by atoms with Gasteiger partial charge >= 0.3 is 11.9 Å². The monoisotopic (exact) mass is 1450 g/mol. The van der Waals surface area contributed by atoms with Gasteiger partial charge < -0.3 is 33.3 Å². The Balaban J connectivity index is 4.14. The van der Waals surface area contributed by atoms with Crippen molar-refractivity contribution >= 4 is 17.9 Å². The molecule has 105 heavy (non-hydrogen) atoms. The van der Waals surface area contributed by atoms with Crippen molar-refractivity contribution in [1.29, 1.82) is 0 Å². The van der Waals surface area contributed by atoms with E-state index in [1.165, 1.54) is 89.9 Å². The van der Waals surface area contributed by atoms with Crippen LogP contribution in [-0.4, -0.2) is 82.3 Å². The molecule has 588 valence electrons. The Bertz CT molecular complexity index is 2590. The first kappa shape index (κ1) is 98.4. The molecule has 0 saturated heterocycles. The average Bonchev–Trinajstić information content (AvgIpc) is 1.18. The molecule has 0 amide bonds. The fourth-order valence-corrected chi connectivity index (χ4v) is 10.7. The maximum atomic E-state index is 13.0. The number of unbranched alkanes of at least 4 members (excludes halogenated alkanes) is 21. The standard InChI is InChI=1S/C96H151NO8/c1-6-8-10-12-14-16-18-20-22-24-26-28-30-32-34-36-38-40-42-44-46-47-49-51-53-55-57-59-61-63-65-67-69-71-73-75-77-79-81-83-85-87-94(99)105-92(91-104-96(95(100)101)102-89-88-97(3,4)5)90-103-93(98)86-84-82-80-78-76-74-72-70-68-66-64-62-60-58-56-54-52-50-48-45-43-41-39-37-35-33-31-29-27-25-23-21-19-17-15-13-11-9-7-2/h8-11,14-17,20-23,26-29,32-35,38-41,44-46,48-49,51-52,54-55,57,61,63,67,69,92,96H,6-7,12-13,18-19,24-25,30-31,36-37,42-43,47,50,53,56,58-60,62,64-66,68,70-91H2,1-5H3/b10-8-,11-9-,16-14-,17-15-,22-20-,23-21-,28-26-,29-27-,34-32-,35-33-,40-38-,41-39-,46-44-,48-45-,51-49-,54-52-,57-55-,63-61-,69-67-. The number of aliphatic carboxylic acids is 1. The lowest BCUT2D eigenvalue weighted by atomic mass is 10.0. The van der Waals surface area contributed by atoms with Gasteiger partial charge in [-0.2, -0.15) is 0 Å². The van der Waals surface area contributed by atoms with Gasteiger partial charge in [0.1, 0.15) is 13.2 Å². The highest BCUT2D eigenvalue weighted by atomic mass is 16.7. The highest BCUT2D eigenvalue weighted by Gasteiger charge is 2.22. The summed E-state index contributed by atoms with van der Waals surface area (Å²) in [4.78, 5) is 37.7. The Hall–Kier alpha value is -6.65. The van der Waals surface area contributed by atoms with Crippen molar-refractivity contribution in [3.05, 3.63) is 231 Å². The minimum Gasteiger partial charge on any atom is -0.545 e. The number of ether oxygens (including phenoxy) is 4. The van der Waals surface area contributed by atoms with Crippen LogP contribution in [0.5, 0.6) is 0 Å². The van der Waals surface area contributed by atoms with Gasteiger partial charge in [-0.05, 0) is 161 Å². The second-order valence-electron chi connectivity index (χ2n) is 27.9. The molecular weight excluding hydrogens is 1300 g/mol. The number of carbonyl (C=O) groups excluding carboxylic acids is 3. The Labute approximate surface area is 644 Å². The van der Waals surface area contributed by atoms with Crippen molar-refractivity contribution in [3.63, 3.8) is 0 Å². The zero-order valence-electron chi connectivity index (χ0n) is 67.2. The number of quaternary nitrogens is 1. The molecule has 0 bridgehead atoms. The molecule has 0 aliphatic rings. The van der Waals surface area contributed by atoms with Crippen LogP contribution < -0.4 is 5.11 Å². The zero-order chi connectivity index (χ0) is 76.0. The summed E-state index contributed by atoms with van der Waals surface area (Å²) in [7, 11) is 5.92. The zero-order valence-corrected chi connectivity index (χ0v) is 67.2. The van der Waals surface area contributed by atoms with Crippen molar-refractivity contribution < 1.29 is 42.9 Å². The fraction of sp³-hybridized carbons (Fsp3) is 0.573. The molecule has 0 aromatic rings. The van der Waals surface area contributed by atoms with Crippen LogP contribution in [0.3, 0.4) is 0 Å². The van der Waals surface area contributed by atoms with Crippen molar-refractivity contribution in [1.82, 2.24) is 0 Å². The normalized spacial score (nSPS) is 13.9. The van der Waals surface area contributed by atoms with Crippen LogP contribution in [0.2, 0.25) is 0 Å². The van der Waals surface area contributed by atoms with Crippen molar-refractivity contribution in [2.45, 2.75) is 309 Å². The molecule has 2 unspecified atom stereocenters. The van der Waals surface area contributed by atoms with Crippen LogP contribution in [0.25, 0.3) is 0 Å². The summed E-state index contributed by atoms with van der Waals surface area (Å²) in [5.41, 5.74) is 0. The van der Waals surface area contributed by atoms with E-state index in [0.717, 1.165) is 173 Å². The predicted octanol–water partition coefficient (Wildman–Crippen LogP) is 26.0. The Morgan fingerprint density at radius 1 is 0.286 bits per heavy atom. The van der Waals surface area contributed by atoms with E-state index >= 15 is 0 Å². The van der Waals surface area contributed by atoms with Gasteiger partial charge in [0.25, 0.3) is 0 Å². The summed E-state index contributed by atoms with van der Waals surface area (Å²) >= 11 is 0. The molecule has 0 aromatic heterocycles. The van der Waals surface area contributed by atoms with Gasteiger partial charge in [-0.25, -0.2) is 0 Å². The summed E-state index contributed by atoms with van der Waals surface area (Å²) in [6, 6.07) is 0. The molecule has 9 heteroatoms. The lowest BCUT2D eigenvalue weighted by Gasteiger charge is -2.26. The molecule has 0 aliphatic carbocycles. The molecule has 2 atom stereocenters. The van der Waals surface area contributed by atoms with Gasteiger partial charge in [0.15, 0.2) is 12.4 Å². The van der Waals surface area contributed by atoms with Gasteiger partial charge in [-0.3, -0.25) is 9.59 Å². The van der Waals surface area contributed by atoms with E-state index in [1.54, 1.807) is 0 Å². The van der Waals surface area contributed by atoms with Crippen LogP contribution in [0.1, 0.15) is 296 Å². The fourth-order valence-electron chi connectivity index (χ4n) is 10.7. The first-order valence-corrected chi connectivity index (χ1v) is 41.5. The second kappa shape index (κ2) is 83.0. The quantitative estimate of drug-likeness (QED) is 0.0195. The van der Waals surface area contributed by atoms with E-state index < -0.39 is 24.3 Å². The van der Waals surface area contributed by atoms with Gasteiger partial charge in [0.2, 0.25) is 0 Å². The predicted molar refractivity (Wildman–Crippen MR) is 453 cm³/mol. The molecule has 0 rings (SSSR count). The molecule has 0 fully saturated rings. The number of rotatable bonds is 74. The molecule has 0 N–H and O–H groups in total. The highest BCUT2D eigenvalue weighted by Crippen LogP contribution is 2.16. The smallest absolute Gasteiger partial charge is 0.306 e. The molecule has 0 radical (unpaired) electrons. The number of carbonyl (C=O) groups is 3. The largest absolute Gasteiger partial charge is 0.545 e. The number of esters is 2. The molecular formula is C96H151NO8. The van der Waals surface area contributed by atoms with Gasteiger partial charge in [-0.15, -0.1) is 0 Å². The van der Waals surface area contributed by atoms with Crippen LogP contribution in [0, 0.1) is 0 Å². The number of carboxylic acid groups (broad SMARTS) is 1. The summed E-state index contributed by atoms with van der Waals surface area (Å²) < 4.78 is 22.8. The number of nitrogens with zero attached hydrogens (tertiary/aromatic N) is 1. The number of likely N-dealkylation sites (N-methyl/N-ethyl adjacent to an activating group) is 1. The van der Waals surface area contributed by atoms with E-state index in [1.807, 2.05) is 21.1 Å². The molecule has 0 heterocycles. The maximum absolute atomic E-state index is 13.0. The SMILES string of the molecule is CC/C=C\C/C=C\C/C=C\C/C=C\C/C=C\C/C=C\C/C=C\C/C=C\C/C=C\C/C=C\C/C=C\CCCCCCCCCC(=O)OC(COC(=O)CCCCCCCCCCCCCCCC/C=C\C/C=C\C/C=C\C/C=C\C/C=C\C/C=C\C/C=C\C/C=C\CC)COC(OCC[N+](C)(C)C)C(=O)[O-]. The van der Waals surface area contributed by atoms with Crippen molar-refractivity contribution in [2.24, 2.45) is 0 Å². The van der Waals surface area contributed by atoms with Gasteiger partial charge in [-0.1, -0.05) is 354 Å². The summed E-state index contributed by atoms with van der Waals surface area (Å²) in [5.74, 6) is -2.31. The first-order valence-electron chi connectivity index (χ1n) is 41.5. The van der Waals surface area contributed by atoms with Crippen LogP contribution in [-0.2, 0) is 33.3 Å².